The van der Waals surface area contributed by atoms with Gasteiger partial charge in [0.05, 0.1) is 39.5 Å². The molecule has 0 amide bonds. The topological polar surface area (TPSA) is 26.3 Å². The zero-order valence-corrected chi connectivity index (χ0v) is 14.4. The van der Waals surface area contributed by atoms with Crippen molar-refractivity contribution < 1.29 is 37.5 Å². The summed E-state index contributed by atoms with van der Waals surface area (Å²) >= 11 is 1.45. The van der Waals surface area contributed by atoms with Gasteiger partial charge in [-0.2, -0.15) is 0 Å². The molecule has 0 radical (unpaired) electrons. The van der Waals surface area contributed by atoms with Gasteiger partial charge in [-0.25, -0.2) is 0 Å². The first-order chi connectivity index (χ1) is 6.12. The van der Waals surface area contributed by atoms with Crippen LogP contribution in [0, 0.1) is 0 Å². The van der Waals surface area contributed by atoms with Crippen molar-refractivity contribution >= 4 is 18.0 Å². The third-order valence-electron chi connectivity index (χ3n) is 1.49. The largest absolute Gasteiger partial charge is 1.00 e. The summed E-state index contributed by atoms with van der Waals surface area (Å²) < 4.78 is 18.1. The standard InChI is InChI=1S/C9H23NO2PS.HI/c1-9(2)12-13(6,11)14-8-7-10(3,4)5;/h9H,7-8H2,1-6H3;1H/q+1;/p-1. The van der Waals surface area contributed by atoms with Gasteiger partial charge < -0.3 is 33.0 Å². The van der Waals surface area contributed by atoms with Crippen molar-refractivity contribution in [3.8, 4) is 0 Å². The molecule has 0 rings (SSSR count). The van der Waals surface area contributed by atoms with E-state index < -0.39 is 6.57 Å². The number of hydrogen-bond donors (Lipinski definition) is 0. The molecule has 0 aliphatic rings. The van der Waals surface area contributed by atoms with Crippen molar-refractivity contribution in [2.24, 2.45) is 0 Å². The molecule has 1 unspecified atom stereocenters. The fourth-order valence-electron chi connectivity index (χ4n) is 0.894. The number of nitrogens with zero attached hydrogens (tertiary/aromatic N) is 1. The van der Waals surface area contributed by atoms with Crippen LogP contribution in [0.2, 0.25) is 0 Å². The van der Waals surface area contributed by atoms with Gasteiger partial charge in [-0.05, 0) is 13.8 Å². The average Bonchev–Trinajstić information content (AvgIpc) is 1.78. The van der Waals surface area contributed by atoms with Crippen LogP contribution in [0.3, 0.4) is 0 Å². The molecule has 0 saturated carbocycles. The van der Waals surface area contributed by atoms with Crippen LogP contribution in [-0.2, 0) is 9.09 Å². The first kappa shape index (κ1) is 18.6. The lowest BCUT2D eigenvalue weighted by molar-refractivity contribution is -0.867. The van der Waals surface area contributed by atoms with Crippen LogP contribution in [0.25, 0.3) is 0 Å². The Balaban J connectivity index is 0. The van der Waals surface area contributed by atoms with Crippen molar-refractivity contribution in [1.82, 2.24) is 0 Å². The normalized spacial score (nSPS) is 15.9. The molecule has 3 nitrogen and oxygen atoms in total. The zero-order valence-electron chi connectivity index (χ0n) is 10.5. The van der Waals surface area contributed by atoms with E-state index in [0.717, 1.165) is 16.8 Å². The van der Waals surface area contributed by atoms with E-state index in [-0.39, 0.29) is 30.1 Å². The van der Waals surface area contributed by atoms with Gasteiger partial charge in [0.1, 0.15) is 0 Å². The summed E-state index contributed by atoms with van der Waals surface area (Å²) in [6.07, 6.45) is 0.0439. The molecule has 0 aromatic carbocycles. The minimum atomic E-state index is -2.43. The molecule has 0 N–H and O–H groups in total. The second-order valence-electron chi connectivity index (χ2n) is 4.77. The van der Waals surface area contributed by atoms with Gasteiger partial charge in [0.2, 0.25) is 0 Å². The highest BCUT2D eigenvalue weighted by atomic mass is 127. The maximum Gasteiger partial charge on any atom is 0.255 e. The molecular formula is C9H23INO2PS. The summed E-state index contributed by atoms with van der Waals surface area (Å²) in [5.74, 6) is 0.879. The maximum absolute atomic E-state index is 11.8. The fraction of sp³-hybridized carbons (Fsp3) is 1.00. The summed E-state index contributed by atoms with van der Waals surface area (Å²) in [7, 11) is 6.39. The molecule has 0 aliphatic heterocycles. The summed E-state index contributed by atoms with van der Waals surface area (Å²) in [5, 5.41) is 0. The molecule has 94 valence electrons. The molecule has 0 saturated heterocycles. The Hall–Kier alpha value is 1.23. The van der Waals surface area contributed by atoms with Gasteiger partial charge in [-0.1, -0.05) is 11.4 Å². The minimum Gasteiger partial charge on any atom is -1.00 e. The van der Waals surface area contributed by atoms with Crippen molar-refractivity contribution in [1.29, 1.82) is 0 Å². The summed E-state index contributed by atoms with van der Waals surface area (Å²) in [5.41, 5.74) is 0. The summed E-state index contributed by atoms with van der Waals surface area (Å²) in [4.78, 5) is 0. The zero-order chi connectivity index (χ0) is 11.4. The average molecular weight is 367 g/mol. The van der Waals surface area contributed by atoms with Crippen LogP contribution in [0.4, 0.5) is 0 Å². The summed E-state index contributed by atoms with van der Waals surface area (Å²) in [6, 6.07) is 0. The van der Waals surface area contributed by atoms with Gasteiger partial charge in [-0.15, -0.1) is 0 Å². The van der Waals surface area contributed by atoms with Crippen molar-refractivity contribution in [2.45, 2.75) is 20.0 Å². The fourth-order valence-corrected chi connectivity index (χ4v) is 4.62. The van der Waals surface area contributed by atoms with E-state index in [2.05, 4.69) is 21.1 Å². The van der Waals surface area contributed by atoms with E-state index in [1.165, 1.54) is 11.4 Å². The molecule has 15 heavy (non-hydrogen) atoms. The number of halogens is 1. The van der Waals surface area contributed by atoms with E-state index in [1.807, 2.05) is 13.8 Å². The molecule has 0 aromatic rings. The van der Waals surface area contributed by atoms with Crippen LogP contribution >= 0.6 is 18.0 Å². The van der Waals surface area contributed by atoms with Gasteiger partial charge in [-0.3, -0.25) is 4.57 Å². The van der Waals surface area contributed by atoms with Gasteiger partial charge in [0.15, 0.2) is 0 Å². The molecular weight excluding hydrogens is 344 g/mol. The van der Waals surface area contributed by atoms with E-state index in [0.29, 0.717) is 0 Å². The second kappa shape index (κ2) is 7.54. The highest BCUT2D eigenvalue weighted by molar-refractivity contribution is 8.56. The molecule has 0 aromatic heterocycles. The van der Waals surface area contributed by atoms with E-state index in [9.17, 15) is 4.57 Å². The SMILES string of the molecule is CC(C)OP(C)(=O)SCC[N+](C)(C)C.[I-]. The molecule has 6 heteroatoms. The van der Waals surface area contributed by atoms with Crippen LogP contribution < -0.4 is 24.0 Å². The molecule has 0 bridgehead atoms. The lowest BCUT2D eigenvalue weighted by Crippen LogP contribution is -3.00. The Bertz CT molecular complexity index is 219. The smallest absolute Gasteiger partial charge is 0.255 e. The van der Waals surface area contributed by atoms with E-state index in [1.54, 1.807) is 6.66 Å². The number of quaternary nitrogens is 1. The molecule has 0 spiro atoms. The van der Waals surface area contributed by atoms with Crippen molar-refractivity contribution in [2.75, 3.05) is 40.1 Å². The predicted molar refractivity (Wildman–Crippen MR) is 65.1 cm³/mol. The van der Waals surface area contributed by atoms with E-state index in [4.69, 9.17) is 4.52 Å². The third-order valence-corrected chi connectivity index (χ3v) is 5.34. The third kappa shape index (κ3) is 13.2. The van der Waals surface area contributed by atoms with Crippen LogP contribution in [0.15, 0.2) is 0 Å². The predicted octanol–water partition coefficient (Wildman–Crippen LogP) is -0.322. The molecule has 0 aliphatic carbocycles. The van der Waals surface area contributed by atoms with Crippen LogP contribution in [0.5, 0.6) is 0 Å². The van der Waals surface area contributed by atoms with E-state index >= 15 is 0 Å². The first-order valence-corrected chi connectivity index (χ1v) is 8.49. The Kier molecular flexibility index (Phi) is 9.34. The maximum atomic E-state index is 11.8. The Morgan fingerprint density at radius 2 is 1.80 bits per heavy atom. The molecule has 1 atom stereocenters. The number of hydrogen-bond acceptors (Lipinski definition) is 3. The lowest BCUT2D eigenvalue weighted by atomic mass is 10.5. The summed E-state index contributed by atoms with van der Waals surface area (Å²) in [6.45, 7) is 4.10. The lowest BCUT2D eigenvalue weighted by Gasteiger charge is -2.24. The van der Waals surface area contributed by atoms with Gasteiger partial charge in [0, 0.05) is 6.66 Å². The van der Waals surface area contributed by atoms with Crippen LogP contribution in [-0.4, -0.2) is 50.7 Å². The second-order valence-corrected chi connectivity index (χ2v) is 9.96. The first-order valence-electron chi connectivity index (χ1n) is 4.83. The quantitative estimate of drug-likeness (QED) is 0.366. The highest BCUT2D eigenvalue weighted by Gasteiger charge is 2.19. The molecule has 0 fully saturated rings. The number of rotatable bonds is 6. The Morgan fingerprint density at radius 3 is 2.13 bits per heavy atom. The Morgan fingerprint density at radius 1 is 1.33 bits per heavy atom. The molecule has 0 heterocycles. The monoisotopic (exact) mass is 367 g/mol. The minimum absolute atomic E-state index is 0. The van der Waals surface area contributed by atoms with Crippen LogP contribution in [0.1, 0.15) is 13.8 Å². The van der Waals surface area contributed by atoms with Gasteiger partial charge in [0.25, 0.3) is 6.57 Å². The van der Waals surface area contributed by atoms with Crippen molar-refractivity contribution in [3.63, 3.8) is 0 Å². The Labute approximate surface area is 115 Å². The van der Waals surface area contributed by atoms with Gasteiger partial charge >= 0.3 is 0 Å². The highest BCUT2D eigenvalue weighted by Crippen LogP contribution is 2.56. The van der Waals surface area contributed by atoms with Crippen molar-refractivity contribution in [3.05, 3.63) is 0 Å².